The van der Waals surface area contributed by atoms with Crippen LogP contribution in [-0.2, 0) is 9.59 Å². The molecule has 10 rings (SSSR count). The number of likely N-dealkylation sites (tertiary alicyclic amines) is 2. The average Bonchev–Trinajstić information content (AvgIpc) is 3.90. The summed E-state index contributed by atoms with van der Waals surface area (Å²) in [5.74, 6) is 0.0127. The zero-order valence-corrected chi connectivity index (χ0v) is 33.0. The van der Waals surface area contributed by atoms with Gasteiger partial charge in [-0.05, 0) is 79.6 Å². The van der Waals surface area contributed by atoms with Crippen molar-refractivity contribution in [2.24, 2.45) is 11.8 Å². The quantitative estimate of drug-likeness (QED) is 0.149. The van der Waals surface area contributed by atoms with Gasteiger partial charge in [0.2, 0.25) is 17.6 Å². The zero-order chi connectivity index (χ0) is 41.2. The van der Waals surface area contributed by atoms with Crippen LogP contribution in [0.15, 0.2) is 67.0 Å². The van der Waals surface area contributed by atoms with Crippen LogP contribution >= 0.6 is 0 Å². The molecule has 6 heterocycles. The van der Waals surface area contributed by atoms with Crippen LogP contribution in [0.25, 0.3) is 22.3 Å². The fraction of sp³-hybridized carbons (Fsp3) is 0.395. The number of carbonyl (C=O) groups is 3. The lowest BCUT2D eigenvalue weighted by atomic mass is 9.97. The number of aromatic hydroxyl groups is 1. The SMILES string of the molecule is COc1cccc(Oc2ccc(-c3nn(C4CC5CN(C6CN(C7CN(c8ccc(C(=O)NC9CCC(=O)NC9=O)c(O)c8)C7)C6)CC5C4)c4ncnc(N)c34)cc2)c1F. The molecule has 310 valence electrons. The first kappa shape index (κ1) is 37.9. The van der Waals surface area contributed by atoms with E-state index in [0.29, 0.717) is 41.2 Å². The van der Waals surface area contributed by atoms with Gasteiger partial charge in [0.25, 0.3) is 5.91 Å². The van der Waals surface area contributed by atoms with E-state index in [9.17, 15) is 23.9 Å². The average molecular weight is 817 g/mol. The van der Waals surface area contributed by atoms with Crippen LogP contribution in [0.2, 0.25) is 0 Å². The van der Waals surface area contributed by atoms with E-state index in [1.807, 2.05) is 18.2 Å². The largest absolute Gasteiger partial charge is 0.507 e. The number of nitrogens with zero attached hydrogens (tertiary/aromatic N) is 7. The molecular formula is C43H45FN10O6. The van der Waals surface area contributed by atoms with Gasteiger partial charge in [0, 0.05) is 75.1 Å². The second-order valence-electron chi connectivity index (χ2n) is 16.6. The topological polar surface area (TPSA) is 193 Å². The number of carbonyl (C=O) groups excluding carboxylic acids is 3. The minimum Gasteiger partial charge on any atom is -0.507 e. The summed E-state index contributed by atoms with van der Waals surface area (Å²) in [5, 5.41) is 21.4. The third kappa shape index (κ3) is 6.80. The molecule has 0 bridgehead atoms. The van der Waals surface area contributed by atoms with Gasteiger partial charge in [0.1, 0.15) is 35.4 Å². The molecule has 3 amide bonds. The van der Waals surface area contributed by atoms with Crippen LogP contribution in [-0.4, -0.2) is 117 Å². The number of hydrogen-bond acceptors (Lipinski definition) is 13. The highest BCUT2D eigenvalue weighted by Crippen LogP contribution is 2.47. The molecule has 3 unspecified atom stereocenters. The smallest absolute Gasteiger partial charge is 0.255 e. The van der Waals surface area contributed by atoms with Gasteiger partial charge in [0.15, 0.2) is 17.1 Å². The number of piperidine rings is 1. The van der Waals surface area contributed by atoms with Gasteiger partial charge in [-0.1, -0.05) is 6.07 Å². The van der Waals surface area contributed by atoms with E-state index in [2.05, 4.69) is 40.0 Å². The maximum Gasteiger partial charge on any atom is 0.255 e. The molecule has 1 aliphatic carbocycles. The van der Waals surface area contributed by atoms with E-state index in [0.717, 1.165) is 74.4 Å². The van der Waals surface area contributed by atoms with Gasteiger partial charge < -0.3 is 30.5 Å². The first-order chi connectivity index (χ1) is 29.1. The minimum atomic E-state index is -0.809. The van der Waals surface area contributed by atoms with Crippen LogP contribution in [0.1, 0.15) is 42.1 Å². The molecule has 16 nitrogen and oxygen atoms in total. The first-order valence-electron chi connectivity index (χ1n) is 20.4. The highest BCUT2D eigenvalue weighted by molar-refractivity contribution is 6.04. The molecule has 5 N–H and O–H groups in total. The van der Waals surface area contributed by atoms with Crippen LogP contribution in [0, 0.1) is 17.7 Å². The van der Waals surface area contributed by atoms with Crippen molar-refractivity contribution in [3.63, 3.8) is 0 Å². The minimum absolute atomic E-state index is 0.0725. The molecule has 4 saturated heterocycles. The summed E-state index contributed by atoms with van der Waals surface area (Å²) in [4.78, 5) is 52.6. The lowest BCUT2D eigenvalue weighted by Crippen LogP contribution is -2.69. The molecule has 1 saturated carbocycles. The second kappa shape index (κ2) is 15.0. The number of phenolic OH excluding ortho intramolecular Hbond substituents is 1. The molecule has 2 aromatic heterocycles. The van der Waals surface area contributed by atoms with Crippen LogP contribution in [0.5, 0.6) is 23.0 Å². The van der Waals surface area contributed by atoms with Gasteiger partial charge in [-0.3, -0.25) is 29.5 Å². The lowest BCUT2D eigenvalue weighted by molar-refractivity contribution is -0.134. The molecule has 60 heavy (non-hydrogen) atoms. The van der Waals surface area contributed by atoms with Crippen molar-refractivity contribution in [3.05, 3.63) is 78.4 Å². The molecule has 4 aliphatic heterocycles. The van der Waals surface area contributed by atoms with Gasteiger partial charge in [-0.2, -0.15) is 9.49 Å². The molecule has 3 aromatic carbocycles. The van der Waals surface area contributed by atoms with Gasteiger partial charge >= 0.3 is 0 Å². The Morgan fingerprint density at radius 1 is 0.917 bits per heavy atom. The number of nitrogens with two attached hydrogens (primary N) is 1. The predicted octanol–water partition coefficient (Wildman–Crippen LogP) is 3.71. The molecule has 5 aliphatic rings. The fourth-order valence-electron chi connectivity index (χ4n) is 9.68. The fourth-order valence-corrected chi connectivity index (χ4v) is 9.68. The van der Waals surface area contributed by atoms with Crippen molar-refractivity contribution in [1.82, 2.24) is 40.2 Å². The molecule has 0 radical (unpaired) electrons. The first-order valence-corrected chi connectivity index (χ1v) is 20.4. The van der Waals surface area contributed by atoms with Crippen LogP contribution in [0.4, 0.5) is 15.9 Å². The van der Waals surface area contributed by atoms with Gasteiger partial charge in [-0.25, -0.2) is 14.6 Å². The van der Waals surface area contributed by atoms with E-state index in [1.165, 1.54) is 13.4 Å². The molecule has 17 heteroatoms. The van der Waals surface area contributed by atoms with Crippen molar-refractivity contribution in [2.45, 2.75) is 49.9 Å². The monoisotopic (exact) mass is 816 g/mol. The predicted molar refractivity (Wildman–Crippen MR) is 218 cm³/mol. The van der Waals surface area contributed by atoms with Gasteiger partial charge in [0.05, 0.1) is 24.1 Å². The summed E-state index contributed by atoms with van der Waals surface area (Å²) in [6.45, 7) is 5.89. The molecule has 5 aromatic rings. The number of fused-ring (bicyclic) bond motifs is 2. The molecule has 0 spiro atoms. The molecular weight excluding hydrogens is 772 g/mol. The van der Waals surface area contributed by atoms with Crippen LogP contribution in [0.3, 0.4) is 0 Å². The van der Waals surface area contributed by atoms with Gasteiger partial charge in [-0.15, -0.1) is 0 Å². The number of nitrogens with one attached hydrogen (secondary N) is 2. The number of halogens is 1. The number of hydrogen-bond donors (Lipinski definition) is 4. The maximum absolute atomic E-state index is 14.7. The lowest BCUT2D eigenvalue weighted by Gasteiger charge is -2.54. The number of benzene rings is 3. The number of aromatic nitrogens is 4. The Morgan fingerprint density at radius 2 is 1.63 bits per heavy atom. The Bertz CT molecular complexity index is 2490. The summed E-state index contributed by atoms with van der Waals surface area (Å²) in [5.41, 5.74) is 9.64. The third-order valence-corrected chi connectivity index (χ3v) is 13.0. The molecule has 5 fully saturated rings. The zero-order valence-electron chi connectivity index (χ0n) is 33.0. The van der Waals surface area contributed by atoms with E-state index < -0.39 is 23.7 Å². The van der Waals surface area contributed by atoms with E-state index >= 15 is 0 Å². The maximum atomic E-state index is 14.7. The van der Waals surface area contributed by atoms with Crippen molar-refractivity contribution in [3.8, 4) is 34.3 Å². The molecule has 3 atom stereocenters. The van der Waals surface area contributed by atoms with Crippen molar-refractivity contribution >= 4 is 40.3 Å². The number of methoxy groups -OCH3 is 1. The second-order valence-corrected chi connectivity index (χ2v) is 16.6. The van der Waals surface area contributed by atoms with Crippen molar-refractivity contribution in [2.75, 3.05) is 57.0 Å². The van der Waals surface area contributed by atoms with E-state index in [4.69, 9.17) is 20.3 Å². The van der Waals surface area contributed by atoms with Crippen molar-refractivity contribution < 1.29 is 33.4 Å². The highest BCUT2D eigenvalue weighted by atomic mass is 19.1. The summed E-state index contributed by atoms with van der Waals surface area (Å²) in [6.07, 6.45) is 3.91. The number of nitrogen functional groups attached to an aromatic ring is 1. The van der Waals surface area contributed by atoms with Crippen molar-refractivity contribution in [1.29, 1.82) is 0 Å². The Hall–Kier alpha value is -6.33. The Labute approximate surface area is 344 Å². The Kier molecular flexibility index (Phi) is 9.51. The highest BCUT2D eigenvalue weighted by Gasteiger charge is 2.48. The summed E-state index contributed by atoms with van der Waals surface area (Å²) < 4.78 is 27.7. The Morgan fingerprint density at radius 3 is 2.35 bits per heavy atom. The number of ether oxygens (including phenoxy) is 2. The summed E-state index contributed by atoms with van der Waals surface area (Å²) in [7, 11) is 1.41. The number of rotatable bonds is 10. The number of amides is 3. The number of imide groups is 1. The third-order valence-electron chi connectivity index (χ3n) is 13.0. The summed E-state index contributed by atoms with van der Waals surface area (Å²) in [6, 6.07) is 17.4. The summed E-state index contributed by atoms with van der Waals surface area (Å²) >= 11 is 0. The normalized spacial score (nSPS) is 23.6. The van der Waals surface area contributed by atoms with Crippen LogP contribution < -0.4 is 30.7 Å². The Balaban J connectivity index is 0.724. The standard InChI is InChI=1S/C43H45FN10O6/c1-59-34-3-2-4-35(38(34)44)60-30-8-5-23(6-9-30)39-37-40(45)46-22-47-41(37)54(50-39)27-13-24-16-51(17-25(24)14-27)28-20-53(21-28)29-18-52(19-29)26-7-10-31(33(55)15-26)42(57)48-32-11-12-36(56)49-43(32)58/h2-10,15,22,24-25,27-29,32,55H,11-14,16-21H2,1H3,(H,48,57)(H2,45,46,47)(H,49,56,58). The van der Waals surface area contributed by atoms with E-state index in [-0.39, 0.29) is 47.6 Å². The number of phenols is 1. The van der Waals surface area contributed by atoms with E-state index in [1.54, 1.807) is 42.5 Å². The number of anilines is 2.